The van der Waals surface area contributed by atoms with E-state index in [4.69, 9.17) is 4.98 Å². The van der Waals surface area contributed by atoms with E-state index >= 15 is 0 Å². The van der Waals surface area contributed by atoms with Gasteiger partial charge in [0.05, 0.1) is 40.1 Å². The lowest BCUT2D eigenvalue weighted by Gasteiger charge is -2.39. The fraction of sp³-hybridized carbons (Fsp3) is 0.280. The number of rotatable bonds is 6. The Morgan fingerprint density at radius 3 is 2.86 bits per heavy atom. The van der Waals surface area contributed by atoms with Gasteiger partial charge in [-0.05, 0) is 36.8 Å². The highest BCUT2D eigenvalue weighted by Gasteiger charge is 2.25. The van der Waals surface area contributed by atoms with Crippen LogP contribution in [0.5, 0.6) is 0 Å². The summed E-state index contributed by atoms with van der Waals surface area (Å²) >= 11 is 0. The maximum absolute atomic E-state index is 4.81. The summed E-state index contributed by atoms with van der Waals surface area (Å²) in [4.78, 5) is 11.7. The van der Waals surface area contributed by atoms with Gasteiger partial charge in [0.25, 0.3) is 0 Å². The lowest BCUT2D eigenvalue weighted by Crippen LogP contribution is -2.58. The van der Waals surface area contributed by atoms with Gasteiger partial charge in [0.2, 0.25) is 0 Å². The van der Waals surface area contributed by atoms with Crippen molar-refractivity contribution < 1.29 is 0 Å². The second-order valence-corrected chi connectivity index (χ2v) is 10.5. The Kier molecular flexibility index (Phi) is 5.65. The van der Waals surface area contributed by atoms with E-state index in [1.54, 1.807) is 0 Å². The van der Waals surface area contributed by atoms with Crippen molar-refractivity contribution in [2.45, 2.75) is 25.2 Å². The Hall–Kier alpha value is -3.44. The van der Waals surface area contributed by atoms with Gasteiger partial charge in [-0.15, -0.1) is 5.53 Å². The largest absolute Gasteiger partial charge is 0.322 e. The van der Waals surface area contributed by atoms with Gasteiger partial charge in [-0.2, -0.15) is 0 Å². The number of hydrogen-bond acceptors (Lipinski definition) is 7. The second-order valence-electron chi connectivity index (χ2n) is 9.43. The summed E-state index contributed by atoms with van der Waals surface area (Å²) in [6, 6.07) is 10.4. The predicted molar refractivity (Wildman–Crippen MR) is 136 cm³/mol. The molecular weight excluding hydrogens is 454 g/mol. The molecule has 3 N–H and O–H groups in total. The fourth-order valence-electron chi connectivity index (χ4n) is 4.71. The molecule has 0 aliphatic carbocycles. The van der Waals surface area contributed by atoms with Gasteiger partial charge >= 0.3 is 0 Å². The zero-order chi connectivity index (χ0) is 23.8. The smallest absolute Gasteiger partial charge is 0.137 e. The van der Waals surface area contributed by atoms with Gasteiger partial charge in [-0.1, -0.05) is 6.07 Å². The van der Waals surface area contributed by atoms with Crippen LogP contribution >= 0.6 is 0 Å². The van der Waals surface area contributed by atoms with Crippen LogP contribution in [0.1, 0.15) is 23.7 Å². The zero-order valence-corrected chi connectivity index (χ0v) is 20.6. The molecule has 0 saturated carbocycles. The van der Waals surface area contributed by atoms with Crippen LogP contribution in [0.25, 0.3) is 17.0 Å². The lowest BCUT2D eigenvalue weighted by atomic mass is 10.2. The molecule has 35 heavy (non-hydrogen) atoms. The molecule has 1 atom stereocenters. The van der Waals surface area contributed by atoms with E-state index in [0.717, 1.165) is 54.5 Å². The Morgan fingerprint density at radius 2 is 2.00 bits per heavy atom. The molecule has 4 aromatic rings. The van der Waals surface area contributed by atoms with Crippen molar-refractivity contribution in [1.29, 1.82) is 0 Å². The number of fused-ring (bicyclic) bond motifs is 1. The number of hydrogen-bond donors (Lipinski definition) is 3. The maximum Gasteiger partial charge on any atom is 0.137 e. The van der Waals surface area contributed by atoms with Crippen molar-refractivity contribution in [3.8, 4) is 5.69 Å². The van der Waals surface area contributed by atoms with Crippen molar-refractivity contribution >= 4 is 21.6 Å². The number of nitrogens with zero attached hydrogens (tertiary/aromatic N) is 6. The Labute approximate surface area is 207 Å². The van der Waals surface area contributed by atoms with Gasteiger partial charge in [0.15, 0.2) is 0 Å². The molecule has 6 rings (SSSR count). The van der Waals surface area contributed by atoms with E-state index < -0.39 is 0 Å². The summed E-state index contributed by atoms with van der Waals surface area (Å²) < 4.78 is 4.17. The molecule has 3 radical (unpaired) electrons. The number of imidazole rings is 1. The van der Waals surface area contributed by atoms with Crippen molar-refractivity contribution in [3.63, 3.8) is 0 Å². The molecule has 6 heterocycles. The molecule has 0 unspecified atom stereocenters. The Balaban J connectivity index is 1.14. The maximum atomic E-state index is 4.81. The molecule has 0 amide bonds. The Morgan fingerprint density at radius 1 is 1.11 bits per heavy atom. The number of aromatic nitrogens is 4. The fourth-order valence-corrected chi connectivity index (χ4v) is 5.06. The summed E-state index contributed by atoms with van der Waals surface area (Å²) in [5.74, 6) is 0. The topological polar surface area (TPSA) is 77.7 Å². The van der Waals surface area contributed by atoms with Gasteiger partial charge < -0.3 is 19.7 Å². The molecule has 4 aromatic heterocycles. The normalized spacial score (nSPS) is 20.9. The monoisotopic (exact) mass is 482 g/mol. The van der Waals surface area contributed by atoms with E-state index in [1.165, 1.54) is 5.56 Å². The summed E-state index contributed by atoms with van der Waals surface area (Å²) in [7, 11) is 3.83. The quantitative estimate of drug-likeness (QED) is 0.361. The molecule has 2 aliphatic rings. The van der Waals surface area contributed by atoms with Gasteiger partial charge in [-0.25, -0.2) is 4.98 Å². The van der Waals surface area contributed by atoms with Crippen LogP contribution < -0.4 is 16.3 Å². The van der Waals surface area contributed by atoms with Crippen LogP contribution in [0.2, 0.25) is 0 Å². The van der Waals surface area contributed by atoms with Crippen molar-refractivity contribution in [2.24, 2.45) is 0 Å². The van der Waals surface area contributed by atoms with Crippen LogP contribution in [-0.4, -0.2) is 63.9 Å². The van der Waals surface area contributed by atoms with Crippen LogP contribution in [0.4, 0.5) is 0 Å². The van der Waals surface area contributed by atoms with Crippen LogP contribution in [0.15, 0.2) is 73.7 Å². The standard InChI is InChI=1S/C25H28N9Si/c1-25(35)18-31(9-6-27-25)13-19-4-5-24-28-21(15-33(24)14-19)16-34-17-23(29-30-34)20-10-22(12-26-11-20)32-7-2-3-8-32/h2-5,7-8,10-12,14-15,17,27,29-30H,6,9,13,16,18H2,1H3/t25-/m0/s1. The molecule has 0 spiro atoms. The third-order valence-corrected chi connectivity index (χ3v) is 6.68. The molecule has 10 heteroatoms. The van der Waals surface area contributed by atoms with E-state index in [-0.39, 0.29) is 5.16 Å². The molecule has 2 aliphatic heterocycles. The van der Waals surface area contributed by atoms with Crippen LogP contribution in [0, 0.1) is 0 Å². The minimum absolute atomic E-state index is 0.0344. The molecule has 0 aromatic carbocycles. The minimum Gasteiger partial charge on any atom is -0.322 e. The molecule has 1 fully saturated rings. The highest BCUT2D eigenvalue weighted by atomic mass is 28.1. The first kappa shape index (κ1) is 22.0. The van der Waals surface area contributed by atoms with E-state index in [2.05, 4.69) is 78.3 Å². The van der Waals surface area contributed by atoms with Gasteiger partial charge in [0.1, 0.15) is 5.65 Å². The van der Waals surface area contributed by atoms with E-state index in [9.17, 15) is 0 Å². The molecule has 9 nitrogen and oxygen atoms in total. The molecule has 1 saturated heterocycles. The average molecular weight is 483 g/mol. The van der Waals surface area contributed by atoms with Crippen LogP contribution in [0.3, 0.4) is 0 Å². The van der Waals surface area contributed by atoms with Gasteiger partial charge in [0, 0.05) is 74.1 Å². The highest BCUT2D eigenvalue weighted by molar-refractivity contribution is 6.15. The number of nitrogens with one attached hydrogen (secondary N) is 3. The number of hydrazine groups is 2. The molecule has 177 valence electrons. The van der Waals surface area contributed by atoms with Crippen molar-refractivity contribution in [2.75, 3.05) is 19.6 Å². The molecule has 0 bridgehead atoms. The first-order valence-corrected chi connectivity index (χ1v) is 12.3. The first-order chi connectivity index (χ1) is 17.0. The van der Waals surface area contributed by atoms with Crippen molar-refractivity contribution in [3.05, 3.63) is 90.5 Å². The molecular formula is C25H28N9Si. The number of piperazine rings is 1. The van der Waals surface area contributed by atoms with Crippen molar-refractivity contribution in [1.82, 2.24) is 45.1 Å². The number of pyridine rings is 2. The summed E-state index contributed by atoms with van der Waals surface area (Å²) in [5.41, 5.74) is 12.7. The summed E-state index contributed by atoms with van der Waals surface area (Å²) in [6.07, 6.45) is 14.1. The predicted octanol–water partition coefficient (Wildman–Crippen LogP) is 1.63. The highest BCUT2D eigenvalue weighted by Crippen LogP contribution is 2.19. The summed E-state index contributed by atoms with van der Waals surface area (Å²) in [6.45, 7) is 6.72. The lowest BCUT2D eigenvalue weighted by molar-refractivity contribution is 0.181. The third-order valence-electron chi connectivity index (χ3n) is 6.34. The van der Waals surface area contributed by atoms with E-state index in [1.807, 2.05) is 52.7 Å². The summed E-state index contributed by atoms with van der Waals surface area (Å²) in [5, 5.41) is 5.46. The zero-order valence-electron chi connectivity index (χ0n) is 19.6. The minimum atomic E-state index is -0.0344. The SMILES string of the molecule is C[C@]1([Si])CN(Cc2ccc3nc(CN4C=C(c5cncc(-n6cccc6)c5)NN4)cn3c2)CCN1. The van der Waals surface area contributed by atoms with Gasteiger partial charge in [-0.3, -0.25) is 14.9 Å². The van der Waals surface area contributed by atoms with Crippen LogP contribution in [-0.2, 0) is 13.1 Å². The third kappa shape index (κ3) is 4.87. The Bertz CT molecular complexity index is 1360. The average Bonchev–Trinajstić information content (AvgIpc) is 3.60. The first-order valence-electron chi connectivity index (χ1n) is 11.8. The second kappa shape index (κ2) is 8.97. The van der Waals surface area contributed by atoms with E-state index in [0.29, 0.717) is 6.54 Å².